The first-order valence-corrected chi connectivity index (χ1v) is 5.98. The van der Waals surface area contributed by atoms with Gasteiger partial charge < -0.3 is 4.74 Å². The van der Waals surface area contributed by atoms with Crippen molar-refractivity contribution in [3.8, 4) is 11.5 Å². The van der Waals surface area contributed by atoms with Gasteiger partial charge in [0.05, 0.1) is 10.6 Å². The van der Waals surface area contributed by atoms with Crippen molar-refractivity contribution in [3.05, 3.63) is 58.1 Å². The smallest absolute Gasteiger partial charge is 0.155 e. The summed E-state index contributed by atoms with van der Waals surface area (Å²) in [6, 6.07) is 11.1. The first kappa shape index (κ1) is 12.7. The Labute approximate surface area is 111 Å². The first-order valence-electron chi connectivity index (χ1n) is 5.60. The molecule has 0 saturated carbocycles. The van der Waals surface area contributed by atoms with Crippen molar-refractivity contribution >= 4 is 17.9 Å². The van der Waals surface area contributed by atoms with Gasteiger partial charge in [-0.2, -0.15) is 0 Å². The molecule has 0 heterocycles. The van der Waals surface area contributed by atoms with E-state index in [1.165, 1.54) is 0 Å². The Morgan fingerprint density at radius 3 is 2.61 bits per heavy atom. The summed E-state index contributed by atoms with van der Waals surface area (Å²) in [7, 11) is 0. The number of carbonyl (C=O) groups is 1. The average molecular weight is 261 g/mol. The zero-order valence-electron chi connectivity index (χ0n) is 10.2. The third kappa shape index (κ3) is 2.54. The van der Waals surface area contributed by atoms with Crippen LogP contribution in [0.15, 0.2) is 36.4 Å². The fourth-order valence-electron chi connectivity index (χ4n) is 1.66. The monoisotopic (exact) mass is 260 g/mol. The Hall–Kier alpha value is -1.80. The molecule has 2 aromatic carbocycles. The molecule has 0 spiro atoms. The number of halogens is 1. The van der Waals surface area contributed by atoms with Gasteiger partial charge in [0.25, 0.3) is 0 Å². The van der Waals surface area contributed by atoms with Gasteiger partial charge in [0.15, 0.2) is 6.29 Å². The molecule has 0 fully saturated rings. The van der Waals surface area contributed by atoms with E-state index in [4.69, 9.17) is 16.3 Å². The van der Waals surface area contributed by atoms with Gasteiger partial charge >= 0.3 is 0 Å². The quantitative estimate of drug-likeness (QED) is 0.756. The molecule has 3 heteroatoms. The van der Waals surface area contributed by atoms with Crippen LogP contribution in [0.25, 0.3) is 0 Å². The molecule has 18 heavy (non-hydrogen) atoms. The van der Waals surface area contributed by atoms with Crippen LogP contribution in [-0.4, -0.2) is 6.29 Å². The SMILES string of the molecule is Cc1ccc(C)c(Oc2cccc(Cl)c2C=O)c1. The van der Waals surface area contributed by atoms with E-state index >= 15 is 0 Å². The summed E-state index contributed by atoms with van der Waals surface area (Å²) in [5, 5.41) is 0.396. The molecule has 0 aliphatic heterocycles. The van der Waals surface area contributed by atoms with Crippen LogP contribution in [0.2, 0.25) is 5.02 Å². The predicted molar refractivity (Wildman–Crippen MR) is 72.8 cm³/mol. The summed E-state index contributed by atoms with van der Waals surface area (Å²) < 4.78 is 5.78. The van der Waals surface area contributed by atoms with Crippen molar-refractivity contribution in [2.24, 2.45) is 0 Å². The maximum atomic E-state index is 11.0. The van der Waals surface area contributed by atoms with Crippen LogP contribution >= 0.6 is 11.6 Å². The van der Waals surface area contributed by atoms with Crippen LogP contribution < -0.4 is 4.74 Å². The highest BCUT2D eigenvalue weighted by atomic mass is 35.5. The van der Waals surface area contributed by atoms with Crippen LogP contribution in [0.1, 0.15) is 21.5 Å². The van der Waals surface area contributed by atoms with E-state index in [2.05, 4.69) is 0 Å². The highest BCUT2D eigenvalue weighted by Crippen LogP contribution is 2.31. The number of aryl methyl sites for hydroxylation is 2. The molecule has 2 nitrogen and oxygen atoms in total. The molecule has 92 valence electrons. The fourth-order valence-corrected chi connectivity index (χ4v) is 1.87. The number of hydrogen-bond donors (Lipinski definition) is 0. The van der Waals surface area contributed by atoms with Crippen molar-refractivity contribution in [2.75, 3.05) is 0 Å². The third-order valence-electron chi connectivity index (χ3n) is 2.69. The van der Waals surface area contributed by atoms with E-state index in [1.807, 2.05) is 32.0 Å². The van der Waals surface area contributed by atoms with E-state index in [9.17, 15) is 4.79 Å². The maximum absolute atomic E-state index is 11.0. The predicted octanol–water partition coefficient (Wildman–Crippen LogP) is 4.56. The van der Waals surface area contributed by atoms with Gasteiger partial charge in [-0.05, 0) is 43.2 Å². The Kier molecular flexibility index (Phi) is 3.68. The van der Waals surface area contributed by atoms with Gasteiger partial charge in [-0.15, -0.1) is 0 Å². The van der Waals surface area contributed by atoms with Crippen molar-refractivity contribution in [2.45, 2.75) is 13.8 Å². The number of aldehydes is 1. The van der Waals surface area contributed by atoms with Crippen molar-refractivity contribution in [3.63, 3.8) is 0 Å². The normalized spacial score (nSPS) is 10.2. The summed E-state index contributed by atoms with van der Waals surface area (Å²) in [4.78, 5) is 11.0. The van der Waals surface area contributed by atoms with Gasteiger partial charge in [0, 0.05) is 0 Å². The number of carbonyl (C=O) groups excluding carboxylic acids is 1. The molecule has 0 radical (unpaired) electrons. The molecule has 2 aromatic rings. The molecule has 0 bridgehead atoms. The van der Waals surface area contributed by atoms with Gasteiger partial charge in [0.1, 0.15) is 11.5 Å². The molecule has 0 aliphatic carbocycles. The van der Waals surface area contributed by atoms with E-state index < -0.39 is 0 Å². The lowest BCUT2D eigenvalue weighted by Gasteiger charge is -2.11. The van der Waals surface area contributed by atoms with Gasteiger partial charge in [0.2, 0.25) is 0 Å². The molecule has 0 saturated heterocycles. The second kappa shape index (κ2) is 5.23. The molecule has 0 aromatic heterocycles. The Balaban J connectivity index is 2.43. The first-order chi connectivity index (χ1) is 8.61. The second-order valence-electron chi connectivity index (χ2n) is 4.14. The molecule has 0 N–H and O–H groups in total. The van der Waals surface area contributed by atoms with Crippen molar-refractivity contribution < 1.29 is 9.53 Å². The van der Waals surface area contributed by atoms with Crippen molar-refractivity contribution in [1.82, 2.24) is 0 Å². The van der Waals surface area contributed by atoms with Crippen molar-refractivity contribution in [1.29, 1.82) is 0 Å². The Morgan fingerprint density at radius 1 is 1.11 bits per heavy atom. The topological polar surface area (TPSA) is 26.3 Å². The molecule has 0 aliphatic rings. The van der Waals surface area contributed by atoms with Gasteiger partial charge in [-0.3, -0.25) is 4.79 Å². The number of benzene rings is 2. The highest BCUT2D eigenvalue weighted by Gasteiger charge is 2.09. The van der Waals surface area contributed by atoms with E-state index in [-0.39, 0.29) is 0 Å². The standard InChI is InChI=1S/C15H13ClO2/c1-10-6-7-11(2)15(8-10)18-14-5-3-4-13(16)12(14)9-17/h3-9H,1-2H3. The summed E-state index contributed by atoms with van der Waals surface area (Å²) >= 11 is 5.96. The molecule has 0 atom stereocenters. The molecule has 0 unspecified atom stereocenters. The third-order valence-corrected chi connectivity index (χ3v) is 3.02. The van der Waals surface area contributed by atoms with Crippen LogP contribution in [-0.2, 0) is 0 Å². The van der Waals surface area contributed by atoms with Crippen LogP contribution in [0, 0.1) is 13.8 Å². The Morgan fingerprint density at radius 2 is 1.89 bits per heavy atom. The van der Waals surface area contributed by atoms with Crippen LogP contribution in [0.3, 0.4) is 0 Å². The van der Waals surface area contributed by atoms with Crippen LogP contribution in [0.4, 0.5) is 0 Å². The zero-order chi connectivity index (χ0) is 13.1. The zero-order valence-corrected chi connectivity index (χ0v) is 11.0. The summed E-state index contributed by atoms with van der Waals surface area (Å²) in [5.41, 5.74) is 2.49. The average Bonchev–Trinajstić information content (AvgIpc) is 2.34. The van der Waals surface area contributed by atoms with Crippen LogP contribution in [0.5, 0.6) is 11.5 Å². The fraction of sp³-hybridized carbons (Fsp3) is 0.133. The van der Waals surface area contributed by atoms with Gasteiger partial charge in [-0.25, -0.2) is 0 Å². The molecule has 2 rings (SSSR count). The number of rotatable bonds is 3. The minimum absolute atomic E-state index is 0.375. The molecular weight excluding hydrogens is 248 g/mol. The lowest BCUT2D eigenvalue weighted by molar-refractivity contribution is 0.112. The summed E-state index contributed by atoms with van der Waals surface area (Å²) in [5.74, 6) is 1.21. The lowest BCUT2D eigenvalue weighted by Crippen LogP contribution is -1.93. The maximum Gasteiger partial charge on any atom is 0.155 e. The number of hydrogen-bond acceptors (Lipinski definition) is 2. The highest BCUT2D eigenvalue weighted by molar-refractivity contribution is 6.33. The minimum atomic E-state index is 0.375. The lowest BCUT2D eigenvalue weighted by atomic mass is 10.1. The largest absolute Gasteiger partial charge is 0.456 e. The second-order valence-corrected chi connectivity index (χ2v) is 4.55. The molecular formula is C15H13ClO2. The Bertz CT molecular complexity index is 591. The number of ether oxygens (including phenoxy) is 1. The van der Waals surface area contributed by atoms with E-state index in [1.54, 1.807) is 18.2 Å². The minimum Gasteiger partial charge on any atom is -0.456 e. The summed E-state index contributed by atoms with van der Waals surface area (Å²) in [6.45, 7) is 3.95. The van der Waals surface area contributed by atoms with Gasteiger partial charge in [-0.1, -0.05) is 29.8 Å². The summed E-state index contributed by atoms with van der Waals surface area (Å²) in [6.07, 6.45) is 0.711. The van der Waals surface area contributed by atoms with E-state index in [0.29, 0.717) is 22.6 Å². The molecule has 0 amide bonds. The van der Waals surface area contributed by atoms with E-state index in [0.717, 1.165) is 16.9 Å².